The van der Waals surface area contributed by atoms with Crippen molar-refractivity contribution in [2.45, 2.75) is 44.9 Å². The number of hydrogen-bond acceptors (Lipinski definition) is 6. The van der Waals surface area contributed by atoms with Gasteiger partial charge in [-0.05, 0) is 55.2 Å². The molecule has 0 amide bonds. The van der Waals surface area contributed by atoms with Crippen LogP contribution < -0.4 is 9.46 Å². The molecule has 2 aromatic heterocycles. The van der Waals surface area contributed by atoms with E-state index in [9.17, 15) is 0 Å². The first-order chi connectivity index (χ1) is 13.4. The lowest BCUT2D eigenvalue weighted by molar-refractivity contribution is 0.303. The van der Waals surface area contributed by atoms with Crippen LogP contribution in [0.4, 0.5) is 5.95 Å². The molecule has 0 unspecified atom stereocenters. The maximum absolute atomic E-state index is 6.28. The predicted octanol–water partition coefficient (Wildman–Crippen LogP) is 4.94. The van der Waals surface area contributed by atoms with Crippen LogP contribution in [0.25, 0.3) is 0 Å². The summed E-state index contributed by atoms with van der Waals surface area (Å²) in [7, 11) is 1.90. The molecule has 28 heavy (non-hydrogen) atoms. The quantitative estimate of drug-likeness (QED) is 0.617. The highest BCUT2D eigenvalue weighted by Crippen LogP contribution is 2.40. The highest BCUT2D eigenvalue weighted by atomic mass is 32.2. The van der Waals surface area contributed by atoms with Crippen LogP contribution in [0.1, 0.15) is 37.1 Å². The number of anilines is 1. The molecule has 1 aromatic carbocycles. The van der Waals surface area contributed by atoms with Crippen molar-refractivity contribution >= 4 is 17.9 Å². The van der Waals surface area contributed by atoms with Crippen LogP contribution in [0.15, 0.2) is 41.6 Å². The van der Waals surface area contributed by atoms with Crippen LogP contribution in [0.5, 0.6) is 11.6 Å². The lowest BCUT2D eigenvalue weighted by atomic mass is 9.76. The van der Waals surface area contributed by atoms with E-state index in [1.54, 1.807) is 4.68 Å². The Labute approximate surface area is 169 Å². The summed E-state index contributed by atoms with van der Waals surface area (Å²) in [5, 5.41) is 4.19. The minimum Gasteiger partial charge on any atom is -0.438 e. The van der Waals surface area contributed by atoms with Gasteiger partial charge in [0, 0.05) is 18.8 Å². The van der Waals surface area contributed by atoms with Gasteiger partial charge >= 0.3 is 0 Å². The summed E-state index contributed by atoms with van der Waals surface area (Å²) in [5.74, 6) is 2.05. The molecule has 0 bridgehead atoms. The molecule has 4 rings (SSSR count). The van der Waals surface area contributed by atoms with Gasteiger partial charge in [0.2, 0.25) is 11.8 Å². The third kappa shape index (κ3) is 4.14. The second kappa shape index (κ2) is 7.47. The van der Waals surface area contributed by atoms with E-state index in [1.165, 1.54) is 11.9 Å². The summed E-state index contributed by atoms with van der Waals surface area (Å²) >= 11 is 1.45. The van der Waals surface area contributed by atoms with Gasteiger partial charge in [-0.2, -0.15) is 10.1 Å². The van der Waals surface area contributed by atoms with Crippen molar-refractivity contribution < 1.29 is 4.74 Å². The largest absolute Gasteiger partial charge is 0.438 e. The summed E-state index contributed by atoms with van der Waals surface area (Å²) in [6.45, 7) is 6.63. The lowest BCUT2D eigenvalue weighted by Gasteiger charge is -2.31. The van der Waals surface area contributed by atoms with Gasteiger partial charge in [-0.15, -0.1) is 0 Å². The van der Waals surface area contributed by atoms with Crippen LogP contribution in [-0.2, 0) is 19.9 Å². The predicted molar refractivity (Wildman–Crippen MR) is 112 cm³/mol. The average molecular weight is 396 g/mol. The summed E-state index contributed by atoms with van der Waals surface area (Å²) in [6, 6.07) is 8.02. The van der Waals surface area contributed by atoms with Gasteiger partial charge in [-0.1, -0.05) is 32.0 Å². The molecular formula is C21H25N5OS. The third-order valence-electron chi connectivity index (χ3n) is 4.99. The van der Waals surface area contributed by atoms with E-state index in [0.717, 1.165) is 46.7 Å². The van der Waals surface area contributed by atoms with E-state index < -0.39 is 0 Å². The fraction of sp³-hybridized carbons (Fsp3) is 0.381. The van der Waals surface area contributed by atoms with E-state index >= 15 is 0 Å². The van der Waals surface area contributed by atoms with Crippen LogP contribution in [-0.4, -0.2) is 19.7 Å². The molecule has 7 heteroatoms. The molecule has 0 atom stereocenters. The first kappa shape index (κ1) is 18.8. The number of benzene rings is 1. The van der Waals surface area contributed by atoms with Crippen molar-refractivity contribution in [3.63, 3.8) is 0 Å². The Morgan fingerprint density at radius 1 is 1.21 bits per heavy atom. The van der Waals surface area contributed by atoms with Crippen molar-refractivity contribution in [3.05, 3.63) is 53.5 Å². The van der Waals surface area contributed by atoms with E-state index in [-0.39, 0.29) is 5.41 Å². The zero-order chi connectivity index (χ0) is 19.7. The monoisotopic (exact) mass is 395 g/mol. The molecule has 0 saturated heterocycles. The number of aryl methyl sites for hydroxylation is 3. The van der Waals surface area contributed by atoms with Gasteiger partial charge < -0.3 is 4.74 Å². The molecule has 6 nitrogen and oxygen atoms in total. The van der Waals surface area contributed by atoms with Crippen LogP contribution >= 0.6 is 11.9 Å². The van der Waals surface area contributed by atoms with E-state index in [0.29, 0.717) is 11.8 Å². The molecular weight excluding hydrogens is 370 g/mol. The maximum atomic E-state index is 6.28. The van der Waals surface area contributed by atoms with Crippen LogP contribution in [0.2, 0.25) is 0 Å². The van der Waals surface area contributed by atoms with Gasteiger partial charge in [0.1, 0.15) is 5.75 Å². The topological polar surface area (TPSA) is 64.9 Å². The average Bonchev–Trinajstić information content (AvgIpc) is 3.07. The van der Waals surface area contributed by atoms with Crippen LogP contribution in [0, 0.1) is 12.3 Å². The molecule has 146 valence electrons. The van der Waals surface area contributed by atoms with Gasteiger partial charge in [0.05, 0.1) is 16.8 Å². The first-order valence-electron chi connectivity index (χ1n) is 9.44. The summed E-state index contributed by atoms with van der Waals surface area (Å²) in [6.07, 6.45) is 6.71. The molecule has 1 N–H and O–H groups in total. The Bertz CT molecular complexity index is 998. The number of para-hydroxylation sites is 1. The van der Waals surface area contributed by atoms with Crippen LogP contribution in [0.3, 0.4) is 0 Å². The highest BCUT2D eigenvalue weighted by Gasteiger charge is 2.30. The number of nitrogens with one attached hydrogen (secondary N) is 1. The standard InChI is InChI=1S/C21H25N5OS/c1-14-7-5-6-8-18(14)27-19-16-11-21(2,3)10-9-17(16)23-20(24-19)25-28-15-12-22-26(4)13-15/h5-8,12-13H,9-11H2,1-4H3,(H,23,24,25). The number of hydrogen-bond donors (Lipinski definition) is 1. The highest BCUT2D eigenvalue weighted by molar-refractivity contribution is 8.00. The number of rotatable bonds is 5. The zero-order valence-electron chi connectivity index (χ0n) is 16.7. The minimum absolute atomic E-state index is 0.222. The van der Waals surface area contributed by atoms with Gasteiger partial charge in [0.15, 0.2) is 0 Å². The Kier molecular flexibility index (Phi) is 5.02. The molecule has 1 aliphatic rings. The molecule has 1 aliphatic carbocycles. The fourth-order valence-electron chi connectivity index (χ4n) is 3.38. The summed E-state index contributed by atoms with van der Waals surface area (Å²) in [4.78, 5) is 10.5. The first-order valence-corrected chi connectivity index (χ1v) is 10.3. The minimum atomic E-state index is 0.222. The molecule has 0 saturated carbocycles. The van der Waals surface area contributed by atoms with Crippen molar-refractivity contribution in [1.82, 2.24) is 19.7 Å². The van der Waals surface area contributed by atoms with E-state index in [4.69, 9.17) is 14.7 Å². The van der Waals surface area contributed by atoms with E-state index in [2.05, 4.69) is 23.7 Å². The summed E-state index contributed by atoms with van der Waals surface area (Å²) in [5.41, 5.74) is 3.51. The number of aromatic nitrogens is 4. The second-order valence-electron chi connectivity index (χ2n) is 8.04. The van der Waals surface area contributed by atoms with Gasteiger partial charge in [0.25, 0.3) is 0 Å². The Morgan fingerprint density at radius 3 is 2.79 bits per heavy atom. The Hall–Kier alpha value is -2.54. The molecule has 3 aromatic rings. The van der Waals surface area contributed by atoms with Gasteiger partial charge in [-0.25, -0.2) is 4.98 Å². The molecule has 0 aliphatic heterocycles. The third-order valence-corrected chi connectivity index (χ3v) is 5.72. The van der Waals surface area contributed by atoms with Crippen molar-refractivity contribution in [2.24, 2.45) is 12.5 Å². The molecule has 2 heterocycles. The number of nitrogens with zero attached hydrogens (tertiary/aromatic N) is 4. The SMILES string of the molecule is Cc1ccccc1Oc1nc(NSc2cnn(C)c2)nc2c1CC(C)(C)CC2. The smallest absolute Gasteiger partial charge is 0.236 e. The second-order valence-corrected chi connectivity index (χ2v) is 8.92. The zero-order valence-corrected chi connectivity index (χ0v) is 17.5. The summed E-state index contributed by atoms with van der Waals surface area (Å²) < 4.78 is 11.3. The molecule has 0 fully saturated rings. The van der Waals surface area contributed by atoms with Crippen molar-refractivity contribution in [3.8, 4) is 11.6 Å². The molecule has 0 radical (unpaired) electrons. The maximum Gasteiger partial charge on any atom is 0.236 e. The number of fused-ring (bicyclic) bond motifs is 1. The fourth-order valence-corrected chi connectivity index (χ4v) is 3.98. The Balaban J connectivity index is 1.66. The Morgan fingerprint density at radius 2 is 2.04 bits per heavy atom. The van der Waals surface area contributed by atoms with E-state index in [1.807, 2.05) is 50.6 Å². The van der Waals surface area contributed by atoms with Crippen molar-refractivity contribution in [2.75, 3.05) is 4.72 Å². The molecule has 0 spiro atoms. The number of ether oxygens (including phenoxy) is 1. The lowest BCUT2D eigenvalue weighted by Crippen LogP contribution is -2.24. The normalized spacial score (nSPS) is 15.1. The van der Waals surface area contributed by atoms with Crippen molar-refractivity contribution in [1.29, 1.82) is 0 Å². The van der Waals surface area contributed by atoms with Gasteiger partial charge in [-0.3, -0.25) is 9.40 Å².